The summed E-state index contributed by atoms with van der Waals surface area (Å²) < 4.78 is 5.88. The van der Waals surface area contributed by atoms with Crippen molar-refractivity contribution >= 4 is 17.5 Å². The first-order valence-corrected chi connectivity index (χ1v) is 8.04. The summed E-state index contributed by atoms with van der Waals surface area (Å²) in [4.78, 5) is 12.5. The van der Waals surface area contributed by atoms with Gasteiger partial charge >= 0.3 is 0 Å². The number of carbonyl (C=O) groups excluding carboxylic acids is 1. The number of carbonyl (C=O) groups is 1. The van der Waals surface area contributed by atoms with Crippen molar-refractivity contribution in [2.45, 2.75) is 13.0 Å². The second-order valence-electron chi connectivity index (χ2n) is 5.01. The summed E-state index contributed by atoms with van der Waals surface area (Å²) in [5, 5.41) is 6.69. The number of rotatable bonds is 8. The number of ether oxygens (including phenoxy) is 1. The monoisotopic (exact) mass is 332 g/mol. The molecule has 0 fully saturated rings. The molecule has 2 aromatic rings. The predicted octanol–water partition coefficient (Wildman–Crippen LogP) is 3.19. The summed E-state index contributed by atoms with van der Waals surface area (Å²) in [7, 11) is 0. The lowest BCUT2D eigenvalue weighted by atomic mass is 10.1. The van der Waals surface area contributed by atoms with E-state index < -0.39 is 6.10 Å². The van der Waals surface area contributed by atoms with E-state index in [4.69, 9.17) is 16.3 Å². The van der Waals surface area contributed by atoms with E-state index >= 15 is 0 Å². The third kappa shape index (κ3) is 5.58. The standard InChI is InChI=1S/C18H21ClN2O2/c1-2-20-12-13-21-18(22)17(14-6-4-3-5-7-14)23-16-10-8-15(19)9-11-16/h3-11,17,20H,2,12-13H2,1H3,(H,21,22). The van der Waals surface area contributed by atoms with E-state index in [0.717, 1.165) is 18.7 Å². The molecule has 0 aliphatic heterocycles. The molecule has 1 amide bonds. The third-order valence-electron chi connectivity index (χ3n) is 3.26. The molecular weight excluding hydrogens is 312 g/mol. The van der Waals surface area contributed by atoms with Crippen LogP contribution in [-0.2, 0) is 4.79 Å². The molecule has 0 radical (unpaired) electrons. The van der Waals surface area contributed by atoms with Crippen LogP contribution in [0.25, 0.3) is 0 Å². The molecule has 0 heterocycles. The summed E-state index contributed by atoms with van der Waals surface area (Å²) in [5.74, 6) is 0.439. The molecule has 2 N–H and O–H groups in total. The first-order chi connectivity index (χ1) is 11.2. The molecule has 23 heavy (non-hydrogen) atoms. The van der Waals surface area contributed by atoms with Crippen LogP contribution in [-0.4, -0.2) is 25.5 Å². The zero-order chi connectivity index (χ0) is 16.5. The molecule has 2 aromatic carbocycles. The maximum Gasteiger partial charge on any atom is 0.265 e. The number of amides is 1. The fourth-order valence-corrected chi connectivity index (χ4v) is 2.22. The molecule has 0 aliphatic carbocycles. The molecule has 4 nitrogen and oxygen atoms in total. The molecule has 0 saturated heterocycles. The van der Waals surface area contributed by atoms with Gasteiger partial charge in [-0.1, -0.05) is 48.9 Å². The highest BCUT2D eigenvalue weighted by Gasteiger charge is 2.22. The van der Waals surface area contributed by atoms with Gasteiger partial charge in [-0.25, -0.2) is 0 Å². The molecule has 0 aliphatic rings. The Morgan fingerprint density at radius 1 is 1.09 bits per heavy atom. The molecule has 2 rings (SSSR count). The van der Waals surface area contributed by atoms with Gasteiger partial charge in [0, 0.05) is 23.7 Å². The fraction of sp³-hybridized carbons (Fsp3) is 0.278. The Morgan fingerprint density at radius 3 is 2.43 bits per heavy atom. The number of likely N-dealkylation sites (N-methyl/N-ethyl adjacent to an activating group) is 1. The van der Waals surface area contributed by atoms with E-state index in [2.05, 4.69) is 10.6 Å². The van der Waals surface area contributed by atoms with Crippen molar-refractivity contribution in [2.24, 2.45) is 0 Å². The van der Waals surface area contributed by atoms with E-state index in [0.29, 0.717) is 17.3 Å². The lowest BCUT2D eigenvalue weighted by Gasteiger charge is -2.19. The molecular formula is C18H21ClN2O2. The lowest BCUT2D eigenvalue weighted by molar-refractivity contribution is -0.128. The van der Waals surface area contributed by atoms with E-state index in [9.17, 15) is 4.79 Å². The van der Waals surface area contributed by atoms with Gasteiger partial charge in [-0.3, -0.25) is 4.79 Å². The Labute approximate surface area is 141 Å². The Kier molecular flexibility index (Phi) is 6.91. The van der Waals surface area contributed by atoms with Crippen molar-refractivity contribution < 1.29 is 9.53 Å². The molecule has 0 spiro atoms. The highest BCUT2D eigenvalue weighted by molar-refractivity contribution is 6.30. The van der Waals surface area contributed by atoms with Crippen molar-refractivity contribution in [2.75, 3.05) is 19.6 Å². The van der Waals surface area contributed by atoms with Crippen LogP contribution in [0.15, 0.2) is 54.6 Å². The van der Waals surface area contributed by atoms with Crippen LogP contribution in [0.1, 0.15) is 18.6 Å². The Morgan fingerprint density at radius 2 is 1.78 bits per heavy atom. The number of halogens is 1. The highest BCUT2D eigenvalue weighted by Crippen LogP contribution is 2.23. The molecule has 0 aromatic heterocycles. The first-order valence-electron chi connectivity index (χ1n) is 7.66. The topological polar surface area (TPSA) is 50.4 Å². The quantitative estimate of drug-likeness (QED) is 0.730. The molecule has 1 unspecified atom stereocenters. The zero-order valence-electron chi connectivity index (χ0n) is 13.1. The van der Waals surface area contributed by atoms with Crippen LogP contribution in [0.4, 0.5) is 0 Å². The highest BCUT2D eigenvalue weighted by atomic mass is 35.5. The molecule has 5 heteroatoms. The average Bonchev–Trinajstić information content (AvgIpc) is 2.59. The van der Waals surface area contributed by atoms with Gasteiger partial charge in [-0.05, 0) is 30.8 Å². The first kappa shape index (κ1) is 17.3. The van der Waals surface area contributed by atoms with Crippen LogP contribution < -0.4 is 15.4 Å². The third-order valence-corrected chi connectivity index (χ3v) is 3.51. The zero-order valence-corrected chi connectivity index (χ0v) is 13.8. The van der Waals surface area contributed by atoms with Gasteiger partial charge in [0.1, 0.15) is 5.75 Å². The molecule has 1 atom stereocenters. The van der Waals surface area contributed by atoms with Gasteiger partial charge in [-0.2, -0.15) is 0 Å². The van der Waals surface area contributed by atoms with Crippen LogP contribution in [0.5, 0.6) is 5.75 Å². The van der Waals surface area contributed by atoms with Crippen molar-refractivity contribution in [3.05, 3.63) is 65.2 Å². The largest absolute Gasteiger partial charge is 0.476 e. The summed E-state index contributed by atoms with van der Waals surface area (Å²) in [5.41, 5.74) is 0.809. The maximum atomic E-state index is 12.5. The summed E-state index contributed by atoms with van der Waals surface area (Å²) in [6.07, 6.45) is -0.695. The number of hydrogen-bond acceptors (Lipinski definition) is 3. The minimum Gasteiger partial charge on any atom is -0.476 e. The maximum absolute atomic E-state index is 12.5. The smallest absolute Gasteiger partial charge is 0.265 e. The number of benzene rings is 2. The Balaban J connectivity index is 2.08. The number of hydrogen-bond donors (Lipinski definition) is 2. The van der Waals surface area contributed by atoms with Crippen molar-refractivity contribution in [1.82, 2.24) is 10.6 Å². The summed E-state index contributed by atoms with van der Waals surface area (Å²) in [6, 6.07) is 16.4. The minimum atomic E-state index is -0.695. The van der Waals surface area contributed by atoms with Crippen LogP contribution in [0.2, 0.25) is 5.02 Å². The molecule has 0 saturated carbocycles. The van der Waals surface area contributed by atoms with Gasteiger partial charge in [0.2, 0.25) is 6.10 Å². The van der Waals surface area contributed by atoms with Gasteiger partial charge in [-0.15, -0.1) is 0 Å². The average molecular weight is 333 g/mol. The van der Waals surface area contributed by atoms with Gasteiger partial charge < -0.3 is 15.4 Å². The molecule has 122 valence electrons. The number of nitrogens with one attached hydrogen (secondary N) is 2. The van der Waals surface area contributed by atoms with Crippen LogP contribution in [0.3, 0.4) is 0 Å². The fourth-order valence-electron chi connectivity index (χ4n) is 2.09. The Hall–Kier alpha value is -2.04. The van der Waals surface area contributed by atoms with Crippen LogP contribution in [0, 0.1) is 0 Å². The Bertz CT molecular complexity index is 602. The predicted molar refractivity (Wildman–Crippen MR) is 92.8 cm³/mol. The lowest BCUT2D eigenvalue weighted by Crippen LogP contribution is -2.36. The normalized spacial score (nSPS) is 11.7. The van der Waals surface area contributed by atoms with Crippen LogP contribution >= 0.6 is 11.6 Å². The van der Waals surface area contributed by atoms with Crippen molar-refractivity contribution in [3.8, 4) is 5.75 Å². The SMILES string of the molecule is CCNCCNC(=O)C(Oc1ccc(Cl)cc1)c1ccccc1. The van der Waals surface area contributed by atoms with E-state index in [1.165, 1.54) is 0 Å². The summed E-state index contributed by atoms with van der Waals surface area (Å²) in [6.45, 7) is 4.18. The van der Waals surface area contributed by atoms with Gasteiger partial charge in [0.15, 0.2) is 0 Å². The second-order valence-corrected chi connectivity index (χ2v) is 5.44. The van der Waals surface area contributed by atoms with Crippen molar-refractivity contribution in [1.29, 1.82) is 0 Å². The van der Waals surface area contributed by atoms with E-state index in [1.54, 1.807) is 24.3 Å². The van der Waals surface area contributed by atoms with Gasteiger partial charge in [0.05, 0.1) is 0 Å². The van der Waals surface area contributed by atoms with E-state index in [1.807, 2.05) is 37.3 Å². The van der Waals surface area contributed by atoms with Gasteiger partial charge in [0.25, 0.3) is 5.91 Å². The second kappa shape index (κ2) is 9.18. The molecule has 0 bridgehead atoms. The van der Waals surface area contributed by atoms with Crippen molar-refractivity contribution in [3.63, 3.8) is 0 Å². The summed E-state index contributed by atoms with van der Waals surface area (Å²) >= 11 is 5.88. The van der Waals surface area contributed by atoms with E-state index in [-0.39, 0.29) is 5.91 Å². The minimum absolute atomic E-state index is 0.163.